The molecule has 0 fully saturated rings. The lowest BCUT2D eigenvalue weighted by Crippen LogP contribution is -2.37. The van der Waals surface area contributed by atoms with Gasteiger partial charge in [-0.2, -0.15) is 0 Å². The van der Waals surface area contributed by atoms with Gasteiger partial charge in [-0.15, -0.1) is 0 Å². The quantitative estimate of drug-likeness (QED) is 0.0189. The number of unbranched alkanes of at least 4 members (excludes halogenated alkanes) is 1. The van der Waals surface area contributed by atoms with Crippen molar-refractivity contribution in [3.05, 3.63) is 224 Å². The van der Waals surface area contributed by atoms with Crippen molar-refractivity contribution in [2.75, 3.05) is 30.3 Å². The van der Waals surface area contributed by atoms with Crippen molar-refractivity contribution in [2.24, 2.45) is 61.4 Å². The molecule has 2 aromatic carbocycles. The minimum absolute atomic E-state index is 0. The highest BCUT2D eigenvalue weighted by molar-refractivity contribution is 6.52. The number of amides is 2. The molecule has 8 aromatic heterocycles. The monoisotopic (exact) mass is 1540 g/mol. The van der Waals surface area contributed by atoms with Gasteiger partial charge in [-0.25, -0.2) is 9.97 Å². The maximum Gasteiger partial charge on any atom is 0.406 e. The van der Waals surface area contributed by atoms with Crippen molar-refractivity contribution < 1.29 is 62.8 Å². The molecule has 3 N–H and O–H groups in total. The van der Waals surface area contributed by atoms with Crippen molar-refractivity contribution in [3.8, 4) is 5.75 Å². The second kappa shape index (κ2) is 37.0. The molecule has 10 heterocycles. The molecule has 113 heavy (non-hydrogen) atoms. The zero-order valence-corrected chi connectivity index (χ0v) is 65.0. The van der Waals surface area contributed by atoms with Crippen LogP contribution in [0.1, 0.15) is 212 Å². The summed E-state index contributed by atoms with van der Waals surface area (Å²) >= 11 is 0. The van der Waals surface area contributed by atoms with Crippen LogP contribution in [0.25, 0.3) is 0 Å². The molecule has 10 aromatic rings. The van der Waals surface area contributed by atoms with Crippen molar-refractivity contribution in [2.45, 2.75) is 138 Å². The van der Waals surface area contributed by atoms with E-state index in [2.05, 4.69) is 20.2 Å². The number of para-hydroxylation sites is 1. The van der Waals surface area contributed by atoms with Gasteiger partial charge in [0.05, 0.1) is 83.2 Å². The Kier molecular flexibility index (Phi) is 27.8. The number of ketones is 8. The number of aliphatic hydroxyl groups excluding tert-OH is 1. The Morgan fingerprint density at radius 3 is 1.50 bits per heavy atom. The summed E-state index contributed by atoms with van der Waals surface area (Å²) in [4.78, 5) is 149. The average Bonchev–Trinajstić information content (AvgIpc) is 1.63. The highest BCUT2D eigenvalue weighted by Gasteiger charge is 2.37. The van der Waals surface area contributed by atoms with E-state index >= 15 is 0 Å². The lowest BCUT2D eigenvalue weighted by Gasteiger charge is -2.22. The van der Waals surface area contributed by atoms with E-state index in [0.717, 1.165) is 41.6 Å². The molecule has 0 spiro atoms. The third-order valence-corrected chi connectivity index (χ3v) is 19.9. The summed E-state index contributed by atoms with van der Waals surface area (Å²) in [7, 11) is 15.0. The number of nitrogens with one attached hydrogen (secondary N) is 1. The second-order valence-corrected chi connectivity index (χ2v) is 29.1. The van der Waals surface area contributed by atoms with Crippen LogP contribution in [0, 0.1) is 0 Å². The average molecular weight is 1540 g/mol. The second-order valence-electron chi connectivity index (χ2n) is 29.1. The van der Waals surface area contributed by atoms with Crippen LogP contribution in [0.5, 0.6) is 5.75 Å². The number of ether oxygens (including phenoxy) is 1. The summed E-state index contributed by atoms with van der Waals surface area (Å²) in [6.45, 7) is 6.14. The van der Waals surface area contributed by atoms with Crippen LogP contribution >= 0.6 is 0 Å². The fourth-order valence-electron chi connectivity index (χ4n) is 14.6. The number of hydrogen-bond acceptors (Lipinski definition) is 17. The third-order valence-electron chi connectivity index (χ3n) is 19.9. The third kappa shape index (κ3) is 19.9. The molecular weight excluding hydrogens is 1440 g/mol. The number of rotatable bonds is 35. The molecule has 0 bridgehead atoms. The molecule has 0 saturated heterocycles. The van der Waals surface area contributed by atoms with Gasteiger partial charge in [-0.3, -0.25) is 57.8 Å². The Bertz CT molecular complexity index is 5290. The number of benzene rings is 2. The fourth-order valence-corrected chi connectivity index (χ4v) is 14.6. The molecule has 12 rings (SSSR count). The van der Waals surface area contributed by atoms with Crippen LogP contribution in [0.3, 0.4) is 0 Å². The van der Waals surface area contributed by atoms with Crippen molar-refractivity contribution in [1.29, 1.82) is 0 Å². The van der Waals surface area contributed by atoms with Gasteiger partial charge < -0.3 is 61.5 Å². The number of nitrogens with zero attached hydrogens (tertiary/aromatic N) is 13. The lowest BCUT2D eigenvalue weighted by atomic mass is 9.89. The number of carbonyl (C=O) groups excluding carboxylic acids is 10. The fraction of sp³-hybridized carbons (Fsp3) is 0.376. The van der Waals surface area contributed by atoms with Crippen molar-refractivity contribution in [1.82, 2.24) is 51.4 Å². The molecular formula is C85H103BN14O13. The number of imidazole rings is 2. The minimum atomic E-state index is -0.752. The molecule has 28 heteroatoms. The maximum atomic E-state index is 13.7. The van der Waals surface area contributed by atoms with E-state index in [9.17, 15) is 58.1 Å². The molecule has 594 valence electrons. The lowest BCUT2D eigenvalue weighted by molar-refractivity contribution is -0.118. The summed E-state index contributed by atoms with van der Waals surface area (Å²) in [6, 6.07) is 21.2. The Morgan fingerprint density at radius 1 is 0.540 bits per heavy atom. The molecule has 27 nitrogen and oxygen atoms in total. The smallest absolute Gasteiger partial charge is 0.406 e. The first-order valence-corrected chi connectivity index (χ1v) is 37.3. The van der Waals surface area contributed by atoms with Gasteiger partial charge in [0, 0.05) is 200 Å². The normalized spacial score (nSPS) is 12.6. The predicted octanol–water partition coefficient (Wildman–Crippen LogP) is 10.8. The molecule has 1 atom stereocenters. The molecule has 0 aliphatic carbocycles. The highest BCUT2D eigenvalue weighted by atomic mass is 16.5. The number of aliphatic hydroxyl groups is 1. The van der Waals surface area contributed by atoms with Crippen LogP contribution < -0.4 is 14.9 Å². The molecule has 2 aliphatic heterocycles. The van der Waals surface area contributed by atoms with E-state index < -0.39 is 7.05 Å². The van der Waals surface area contributed by atoms with Gasteiger partial charge in [-0.05, 0) is 108 Å². The Morgan fingerprint density at radius 2 is 1.00 bits per heavy atom. The van der Waals surface area contributed by atoms with E-state index in [0.29, 0.717) is 116 Å². The summed E-state index contributed by atoms with van der Waals surface area (Å²) < 4.78 is 19.5. The van der Waals surface area contributed by atoms with Crippen LogP contribution in [-0.4, -0.2) is 159 Å². The number of aryl methyl sites for hydroxylation is 8. The maximum absolute atomic E-state index is 13.7. The highest BCUT2D eigenvalue weighted by Crippen LogP contribution is 2.39. The Balaban J connectivity index is 0.000000281. The van der Waals surface area contributed by atoms with Crippen molar-refractivity contribution in [3.63, 3.8) is 0 Å². The summed E-state index contributed by atoms with van der Waals surface area (Å²) in [5.74, 6) is -0.569. The van der Waals surface area contributed by atoms with E-state index in [1.807, 2.05) is 51.4 Å². The van der Waals surface area contributed by atoms with Gasteiger partial charge in [0.1, 0.15) is 17.2 Å². The van der Waals surface area contributed by atoms with E-state index in [1.54, 1.807) is 208 Å². The van der Waals surface area contributed by atoms with Gasteiger partial charge in [-0.1, -0.05) is 53.3 Å². The molecule has 0 radical (unpaired) electrons. The van der Waals surface area contributed by atoms with E-state index in [1.165, 1.54) is 0 Å². The number of carbonyl (C=O) groups is 10. The molecule has 0 saturated carbocycles. The Labute approximate surface area is 659 Å². The number of fused-ring (bicyclic) bond motifs is 4. The van der Waals surface area contributed by atoms with Crippen LogP contribution in [0.4, 0.5) is 17.1 Å². The summed E-state index contributed by atoms with van der Waals surface area (Å²) in [6.07, 6.45) is 20.5. The van der Waals surface area contributed by atoms with Gasteiger partial charge in [0.25, 0.3) is 11.8 Å². The zero-order valence-electron chi connectivity index (χ0n) is 65.0. The summed E-state index contributed by atoms with van der Waals surface area (Å²) in [5, 5.41) is 22.6. The molecule has 1 unspecified atom stereocenters. The predicted molar refractivity (Wildman–Crippen MR) is 434 cm³/mol. The number of aliphatic imine (C=N–C) groups is 1. The van der Waals surface area contributed by atoms with Crippen LogP contribution in [0.15, 0.2) is 127 Å². The van der Waals surface area contributed by atoms with Crippen molar-refractivity contribution >= 4 is 88.4 Å². The number of Topliss-reactive ketones (excluding diaryl/α,β-unsaturated/α-hetero) is 8. The minimum Gasteiger partial charge on any atom is -0.493 e. The largest absolute Gasteiger partial charge is 0.493 e. The van der Waals surface area contributed by atoms with E-state index in [-0.39, 0.29) is 155 Å². The standard InChI is InChI=1S/C52H56N8O8.C31H39BN6O5.2CH4/c1-7-14-55(2)52(67)45-19-34(29-58(45)5)20-46(63)43-18-33(28-57(43)4)21-48(65)50-54-37(30-59(50)6)24-47(64)44-17-32(27-56(44)3)16-39(62)12-10-15-68-49-25-41-40(23-36(49)31-61)51(66)60-38(26-53-41)22-35-11-8-9-13-42(35)60;1-7-8-9-27(39)24-10-20(16-35(24)3)12-28(40)25-11-21(17-36(25)4)13-30(42)31-33-22(18-38(31)6)15-29(41)26-14-23(19-37(26)5)34-32(2)43;;/h8-9,11,13,17-19,23,25-30,38,61H,7,10,12,14-16,20-22,24,31H2,1-6H3;10-11,14,16-19,34,43H,7-9,12-13,15H2,1-6H3;2*1H4. The summed E-state index contributed by atoms with van der Waals surface area (Å²) in [5.41, 5.74) is 11.2. The molecule has 2 amide bonds. The molecule has 2 aliphatic rings. The van der Waals surface area contributed by atoms with Gasteiger partial charge >= 0.3 is 7.05 Å². The SMILES string of the molecule is C.C.CCCCC(=O)c1cc(CC(=O)c2cc(CC(=O)c3nc(CC(=O)c4cc(NB(C)O)cn4C)cn3C)cn2C)cn1C.CCCN(C)C(=O)c1cc(CC(=O)c2cc(CC(=O)c3nc(CC(=O)c4cc(CC(=O)CCCOc5cc6c(cc5CO)C(=O)N5c7ccccc7CC5C=N6)cn4C)cn3C)cn2C)cn1C. The van der Waals surface area contributed by atoms with E-state index in [4.69, 9.17) is 4.74 Å². The number of aromatic nitrogens is 10. The van der Waals surface area contributed by atoms with Gasteiger partial charge in [0.2, 0.25) is 11.6 Å². The first-order valence-electron chi connectivity index (χ1n) is 37.3. The number of anilines is 2. The first kappa shape index (κ1) is 85.1. The first-order chi connectivity index (χ1) is 53.0. The zero-order chi connectivity index (χ0) is 79.8. The number of hydrogen-bond donors (Lipinski definition) is 3. The van der Waals surface area contributed by atoms with Crippen LogP contribution in [-0.2, 0) is 119 Å². The van der Waals surface area contributed by atoms with Crippen LogP contribution in [0.2, 0.25) is 6.82 Å². The Hall–Kier alpha value is -11.9. The topological polar surface area (TPSA) is 316 Å². The van der Waals surface area contributed by atoms with Gasteiger partial charge in [0.15, 0.2) is 40.6 Å².